The first-order chi connectivity index (χ1) is 10.7. The monoisotopic (exact) mass is 289 g/mol. The molecular weight excluding hydrogens is 273 g/mol. The fourth-order valence-electron chi connectivity index (χ4n) is 1.88. The van der Waals surface area contributed by atoms with E-state index in [1.807, 2.05) is 24.3 Å². The summed E-state index contributed by atoms with van der Waals surface area (Å²) in [5.74, 6) is 5.39. The van der Waals surface area contributed by atoms with Crippen molar-refractivity contribution in [1.82, 2.24) is 0 Å². The lowest BCUT2D eigenvalue weighted by atomic mass is 10.1. The Hall–Kier alpha value is -2.84. The first kappa shape index (κ1) is 15.5. The lowest BCUT2D eigenvalue weighted by Crippen LogP contribution is -1.80. The van der Waals surface area contributed by atoms with Crippen molar-refractivity contribution in [1.29, 1.82) is 0 Å². The van der Waals surface area contributed by atoms with E-state index in [2.05, 4.69) is 35.8 Å². The molecule has 0 atom stereocenters. The average Bonchev–Trinajstić information content (AvgIpc) is 2.54. The number of nitrogens with zero attached hydrogens (tertiary/aromatic N) is 1. The van der Waals surface area contributed by atoms with Crippen molar-refractivity contribution in [3.05, 3.63) is 82.5 Å². The number of unbranched alkanes of at least 4 members (excludes halogenated alkanes) is 1. The Morgan fingerprint density at radius 2 is 1.77 bits per heavy atom. The minimum absolute atomic E-state index is 0.0220. The summed E-state index contributed by atoms with van der Waals surface area (Å²) >= 11 is 0. The fraction of sp³-hybridized carbons (Fsp3) is 0.150. The minimum atomic E-state index is -0.529. The number of hydrogen-bond donors (Lipinski definition) is 0. The van der Waals surface area contributed by atoms with Gasteiger partial charge >= 0.3 is 0 Å². The number of allylic oxidation sites excluding steroid dienone is 1. The minimum Gasteiger partial charge on any atom is -0.235 e. The van der Waals surface area contributed by atoms with E-state index in [4.69, 9.17) is 6.57 Å². The second kappa shape index (κ2) is 7.81. The van der Waals surface area contributed by atoms with Gasteiger partial charge in [-0.2, -0.15) is 0 Å². The van der Waals surface area contributed by atoms with E-state index >= 15 is 0 Å². The summed E-state index contributed by atoms with van der Waals surface area (Å²) in [6, 6.07) is 12.3. The molecule has 0 aromatic heterocycles. The molecule has 0 amide bonds. The molecule has 2 heteroatoms. The molecule has 0 heterocycles. The van der Waals surface area contributed by atoms with E-state index in [9.17, 15) is 4.39 Å². The van der Waals surface area contributed by atoms with Crippen molar-refractivity contribution in [2.24, 2.45) is 0 Å². The van der Waals surface area contributed by atoms with Crippen LogP contribution in [-0.2, 0) is 0 Å². The van der Waals surface area contributed by atoms with Gasteiger partial charge in [0.1, 0.15) is 5.82 Å². The summed E-state index contributed by atoms with van der Waals surface area (Å²) < 4.78 is 13.5. The van der Waals surface area contributed by atoms with Crippen LogP contribution in [0.2, 0.25) is 0 Å². The summed E-state index contributed by atoms with van der Waals surface area (Å²) in [5, 5.41) is 0. The van der Waals surface area contributed by atoms with Crippen LogP contribution < -0.4 is 0 Å². The number of benzene rings is 2. The van der Waals surface area contributed by atoms with Gasteiger partial charge in [-0.15, -0.1) is 0 Å². The third-order valence-corrected chi connectivity index (χ3v) is 3.10. The Kier molecular flexibility index (Phi) is 5.52. The van der Waals surface area contributed by atoms with Gasteiger partial charge in [0.05, 0.1) is 6.57 Å². The highest BCUT2D eigenvalue weighted by Gasteiger charge is 2.00. The van der Waals surface area contributed by atoms with Crippen molar-refractivity contribution in [2.45, 2.75) is 19.8 Å². The molecule has 1 nitrogen and oxygen atoms in total. The van der Waals surface area contributed by atoms with Gasteiger partial charge in [0.15, 0.2) is 0 Å². The zero-order valence-corrected chi connectivity index (χ0v) is 12.4. The molecular formula is C20H16FN. The molecule has 2 rings (SSSR count). The van der Waals surface area contributed by atoms with Gasteiger partial charge < -0.3 is 0 Å². The molecule has 0 bridgehead atoms. The largest absolute Gasteiger partial charge is 0.235 e. The van der Waals surface area contributed by atoms with Crippen LogP contribution in [0.1, 0.15) is 36.5 Å². The lowest BCUT2D eigenvalue weighted by molar-refractivity contribution is 0.633. The third-order valence-electron chi connectivity index (χ3n) is 3.10. The van der Waals surface area contributed by atoms with Gasteiger partial charge in [-0.1, -0.05) is 61.6 Å². The molecule has 0 unspecified atom stereocenters. The molecule has 22 heavy (non-hydrogen) atoms. The normalized spacial score (nSPS) is 10.0. The van der Waals surface area contributed by atoms with Crippen molar-refractivity contribution >= 4 is 11.8 Å². The van der Waals surface area contributed by atoms with Crippen LogP contribution in [0.25, 0.3) is 10.9 Å². The maximum absolute atomic E-state index is 13.5. The highest BCUT2D eigenvalue weighted by Crippen LogP contribution is 2.18. The number of hydrogen-bond acceptors (Lipinski definition) is 0. The predicted octanol–water partition coefficient (Wildman–Crippen LogP) is 5.59. The molecule has 0 saturated heterocycles. The first-order valence-electron chi connectivity index (χ1n) is 7.18. The van der Waals surface area contributed by atoms with Crippen molar-refractivity contribution in [3.8, 4) is 11.8 Å². The zero-order valence-electron chi connectivity index (χ0n) is 12.4. The second-order valence-electron chi connectivity index (χ2n) is 4.84. The first-order valence-corrected chi connectivity index (χ1v) is 7.18. The maximum Gasteiger partial charge on any atom is 0.222 e. The summed E-state index contributed by atoms with van der Waals surface area (Å²) in [7, 11) is 0. The van der Waals surface area contributed by atoms with Crippen LogP contribution in [0.3, 0.4) is 0 Å². The molecule has 0 aliphatic heterocycles. The fourth-order valence-corrected chi connectivity index (χ4v) is 1.88. The standard InChI is InChI=1S/C20H16FN/c1-3-4-5-6-16-7-9-17(10-8-16)11-12-18-13-14-20(22-2)19(21)15-18/h5-10,13-15H,3-4H2,1H3. The molecule has 0 aliphatic rings. The number of halogens is 1. The Bertz CT molecular complexity index is 768. The molecule has 0 saturated carbocycles. The Morgan fingerprint density at radius 3 is 2.41 bits per heavy atom. The van der Waals surface area contributed by atoms with Gasteiger partial charge in [-0.3, -0.25) is 0 Å². The third kappa shape index (κ3) is 4.33. The molecule has 2 aromatic rings. The van der Waals surface area contributed by atoms with Crippen molar-refractivity contribution < 1.29 is 4.39 Å². The Morgan fingerprint density at radius 1 is 1.09 bits per heavy atom. The summed E-state index contributed by atoms with van der Waals surface area (Å²) in [5.41, 5.74) is 2.61. The van der Waals surface area contributed by atoms with Gasteiger partial charge in [0.2, 0.25) is 5.69 Å². The molecule has 0 N–H and O–H groups in total. The molecule has 0 aliphatic carbocycles. The molecule has 108 valence electrons. The maximum atomic E-state index is 13.5. The highest BCUT2D eigenvalue weighted by atomic mass is 19.1. The van der Waals surface area contributed by atoms with Crippen LogP contribution in [-0.4, -0.2) is 0 Å². The second-order valence-corrected chi connectivity index (χ2v) is 4.84. The van der Waals surface area contributed by atoms with Crippen LogP contribution in [0.4, 0.5) is 10.1 Å². The highest BCUT2D eigenvalue weighted by molar-refractivity contribution is 5.54. The van der Waals surface area contributed by atoms with Gasteiger partial charge in [-0.25, -0.2) is 9.24 Å². The topological polar surface area (TPSA) is 4.36 Å². The van der Waals surface area contributed by atoms with Gasteiger partial charge in [0.25, 0.3) is 0 Å². The van der Waals surface area contributed by atoms with E-state index in [1.165, 1.54) is 12.1 Å². The van der Waals surface area contributed by atoms with Crippen LogP contribution >= 0.6 is 0 Å². The molecule has 0 spiro atoms. The Balaban J connectivity index is 2.12. The SMILES string of the molecule is [C-]#[N+]c1ccc(C#Cc2ccc(C=CCCC)cc2)cc1F. The van der Waals surface area contributed by atoms with Crippen LogP contribution in [0.5, 0.6) is 0 Å². The predicted molar refractivity (Wildman–Crippen MR) is 89.0 cm³/mol. The van der Waals surface area contributed by atoms with Crippen LogP contribution in [0.15, 0.2) is 48.5 Å². The Labute approximate surface area is 130 Å². The number of rotatable bonds is 3. The van der Waals surface area contributed by atoms with Gasteiger partial charge in [-0.05, 0) is 30.2 Å². The summed E-state index contributed by atoms with van der Waals surface area (Å²) in [6.45, 7) is 8.96. The smallest absolute Gasteiger partial charge is 0.222 e. The molecule has 2 aromatic carbocycles. The average molecular weight is 289 g/mol. The lowest BCUT2D eigenvalue weighted by Gasteiger charge is -1.95. The van der Waals surface area contributed by atoms with E-state index in [0.717, 1.165) is 24.0 Å². The van der Waals surface area contributed by atoms with Gasteiger partial charge in [0, 0.05) is 11.1 Å². The van der Waals surface area contributed by atoms with E-state index < -0.39 is 5.82 Å². The van der Waals surface area contributed by atoms with E-state index in [0.29, 0.717) is 5.56 Å². The van der Waals surface area contributed by atoms with E-state index in [1.54, 1.807) is 6.07 Å². The van der Waals surface area contributed by atoms with E-state index in [-0.39, 0.29) is 5.69 Å². The zero-order chi connectivity index (χ0) is 15.8. The molecule has 0 fully saturated rings. The molecule has 0 radical (unpaired) electrons. The summed E-state index contributed by atoms with van der Waals surface area (Å²) in [6.07, 6.45) is 6.47. The van der Waals surface area contributed by atoms with Crippen LogP contribution in [0, 0.1) is 24.2 Å². The van der Waals surface area contributed by atoms with Crippen molar-refractivity contribution in [3.63, 3.8) is 0 Å². The quantitative estimate of drug-likeness (QED) is 0.512. The summed E-state index contributed by atoms with van der Waals surface area (Å²) in [4.78, 5) is 3.09. The van der Waals surface area contributed by atoms with Crippen molar-refractivity contribution in [2.75, 3.05) is 0 Å².